The molecule has 0 spiro atoms. The van der Waals surface area contributed by atoms with Crippen molar-refractivity contribution in [2.75, 3.05) is 0 Å². The van der Waals surface area contributed by atoms with Gasteiger partial charge in [0.2, 0.25) is 0 Å². The van der Waals surface area contributed by atoms with Crippen LogP contribution in [0.25, 0.3) is 10.8 Å². The van der Waals surface area contributed by atoms with Gasteiger partial charge in [-0.2, -0.15) is 0 Å². The summed E-state index contributed by atoms with van der Waals surface area (Å²) < 4.78 is 0. The van der Waals surface area contributed by atoms with Crippen LogP contribution in [0.3, 0.4) is 0 Å². The van der Waals surface area contributed by atoms with Crippen LogP contribution in [0.15, 0.2) is 60.9 Å². The standard InChI is InChI=1S/C17H14ClNO/c18-16-11-19-8-7-14(16)10-17(20)15-6-5-12-3-1-2-4-13(12)9-15/h1-9,11,17,20H,10H2. The zero-order chi connectivity index (χ0) is 13.9. The van der Waals surface area contributed by atoms with E-state index in [2.05, 4.69) is 11.1 Å². The molecule has 20 heavy (non-hydrogen) atoms. The molecule has 1 N–H and O–H groups in total. The number of fused-ring (bicyclic) bond motifs is 1. The van der Waals surface area contributed by atoms with E-state index < -0.39 is 6.10 Å². The Hall–Kier alpha value is -1.90. The Kier molecular flexibility index (Phi) is 3.68. The Morgan fingerprint density at radius 2 is 1.85 bits per heavy atom. The molecule has 100 valence electrons. The molecular formula is C17H14ClNO. The summed E-state index contributed by atoms with van der Waals surface area (Å²) in [5.41, 5.74) is 1.80. The first kappa shape index (κ1) is 13.1. The lowest BCUT2D eigenvalue weighted by molar-refractivity contribution is 0.178. The van der Waals surface area contributed by atoms with Crippen LogP contribution in [0.2, 0.25) is 5.02 Å². The van der Waals surface area contributed by atoms with Crippen LogP contribution < -0.4 is 0 Å². The summed E-state index contributed by atoms with van der Waals surface area (Å²) in [7, 11) is 0. The molecule has 0 amide bonds. The van der Waals surface area contributed by atoms with Gasteiger partial charge in [-0.15, -0.1) is 0 Å². The average molecular weight is 284 g/mol. The number of aliphatic hydroxyl groups excluding tert-OH is 1. The molecule has 0 fully saturated rings. The van der Waals surface area contributed by atoms with Gasteiger partial charge in [-0.1, -0.05) is 48.0 Å². The first-order valence-electron chi connectivity index (χ1n) is 6.49. The summed E-state index contributed by atoms with van der Waals surface area (Å²) in [5, 5.41) is 13.3. The van der Waals surface area contributed by atoms with Gasteiger partial charge in [-0.05, 0) is 34.0 Å². The summed E-state index contributed by atoms with van der Waals surface area (Å²) >= 11 is 6.08. The molecule has 0 aliphatic rings. The topological polar surface area (TPSA) is 33.1 Å². The SMILES string of the molecule is OC(Cc1ccncc1Cl)c1ccc2ccccc2c1. The maximum absolute atomic E-state index is 10.4. The molecule has 0 aliphatic carbocycles. The van der Waals surface area contributed by atoms with E-state index in [1.54, 1.807) is 12.4 Å². The quantitative estimate of drug-likeness (QED) is 0.783. The highest BCUT2D eigenvalue weighted by Gasteiger charge is 2.11. The van der Waals surface area contributed by atoms with Gasteiger partial charge in [0.05, 0.1) is 11.1 Å². The lowest BCUT2D eigenvalue weighted by Gasteiger charge is -2.13. The maximum atomic E-state index is 10.4. The average Bonchev–Trinajstić information content (AvgIpc) is 2.49. The van der Waals surface area contributed by atoms with Gasteiger partial charge in [0, 0.05) is 18.8 Å². The lowest BCUT2D eigenvalue weighted by Crippen LogP contribution is -2.02. The number of benzene rings is 2. The lowest BCUT2D eigenvalue weighted by atomic mass is 9.99. The van der Waals surface area contributed by atoms with Crippen molar-refractivity contribution >= 4 is 22.4 Å². The van der Waals surface area contributed by atoms with Gasteiger partial charge in [-0.3, -0.25) is 4.98 Å². The van der Waals surface area contributed by atoms with Crippen LogP contribution in [0, 0.1) is 0 Å². The number of hydrogen-bond donors (Lipinski definition) is 1. The molecule has 3 aromatic rings. The number of aromatic nitrogens is 1. The van der Waals surface area contributed by atoms with Crippen LogP contribution in [0.1, 0.15) is 17.2 Å². The second kappa shape index (κ2) is 5.61. The smallest absolute Gasteiger partial charge is 0.0831 e. The summed E-state index contributed by atoms with van der Waals surface area (Å²) in [6, 6.07) is 16.0. The molecular weight excluding hydrogens is 270 g/mol. The van der Waals surface area contributed by atoms with Gasteiger partial charge < -0.3 is 5.11 Å². The number of pyridine rings is 1. The van der Waals surface area contributed by atoms with Crippen molar-refractivity contribution in [3.8, 4) is 0 Å². The molecule has 1 aromatic heterocycles. The molecule has 0 saturated carbocycles. The first-order valence-corrected chi connectivity index (χ1v) is 6.87. The number of aliphatic hydroxyl groups is 1. The van der Waals surface area contributed by atoms with Crippen LogP contribution in [-0.4, -0.2) is 10.1 Å². The largest absolute Gasteiger partial charge is 0.388 e. The Morgan fingerprint density at radius 1 is 1.05 bits per heavy atom. The number of nitrogens with zero attached hydrogens (tertiary/aromatic N) is 1. The molecule has 0 bridgehead atoms. The van der Waals surface area contributed by atoms with Crippen LogP contribution in [0.4, 0.5) is 0 Å². The van der Waals surface area contributed by atoms with Gasteiger partial charge in [0.15, 0.2) is 0 Å². The minimum atomic E-state index is -0.570. The highest BCUT2D eigenvalue weighted by molar-refractivity contribution is 6.31. The molecule has 3 rings (SSSR count). The number of rotatable bonds is 3. The van der Waals surface area contributed by atoms with Gasteiger partial charge in [-0.25, -0.2) is 0 Å². The zero-order valence-corrected chi connectivity index (χ0v) is 11.6. The second-order valence-electron chi connectivity index (χ2n) is 4.79. The Bertz CT molecular complexity index is 742. The fraction of sp³-hybridized carbons (Fsp3) is 0.118. The number of hydrogen-bond acceptors (Lipinski definition) is 2. The van der Waals surface area contributed by atoms with Crippen molar-refractivity contribution in [1.82, 2.24) is 4.98 Å². The van der Waals surface area contributed by atoms with Gasteiger partial charge in [0.25, 0.3) is 0 Å². The predicted molar refractivity (Wildman–Crippen MR) is 81.9 cm³/mol. The first-order chi connectivity index (χ1) is 9.74. The van der Waals surface area contributed by atoms with Crippen molar-refractivity contribution in [2.24, 2.45) is 0 Å². The van der Waals surface area contributed by atoms with E-state index in [0.717, 1.165) is 16.5 Å². The Labute approximate surface area is 122 Å². The molecule has 3 heteroatoms. The third-order valence-electron chi connectivity index (χ3n) is 3.43. The van der Waals surface area contributed by atoms with E-state index in [1.807, 2.05) is 42.5 Å². The molecule has 1 atom stereocenters. The molecule has 0 aliphatic heterocycles. The number of halogens is 1. The van der Waals surface area contributed by atoms with Crippen LogP contribution in [-0.2, 0) is 6.42 Å². The van der Waals surface area contributed by atoms with E-state index in [4.69, 9.17) is 11.6 Å². The van der Waals surface area contributed by atoms with E-state index in [9.17, 15) is 5.11 Å². The molecule has 2 nitrogen and oxygen atoms in total. The summed E-state index contributed by atoms with van der Waals surface area (Å²) in [6.07, 6.45) is 3.21. The molecule has 1 unspecified atom stereocenters. The predicted octanol–water partition coefficient (Wildman–Crippen LogP) is 4.16. The van der Waals surface area contributed by atoms with Crippen LogP contribution >= 0.6 is 11.6 Å². The molecule has 1 heterocycles. The zero-order valence-electron chi connectivity index (χ0n) is 10.8. The van der Waals surface area contributed by atoms with E-state index in [-0.39, 0.29) is 0 Å². The minimum absolute atomic E-state index is 0.486. The fourth-order valence-electron chi connectivity index (χ4n) is 2.31. The van der Waals surface area contributed by atoms with Crippen molar-refractivity contribution in [1.29, 1.82) is 0 Å². The molecule has 0 radical (unpaired) electrons. The Balaban J connectivity index is 1.89. The third kappa shape index (κ3) is 2.67. The van der Waals surface area contributed by atoms with Crippen molar-refractivity contribution in [3.63, 3.8) is 0 Å². The van der Waals surface area contributed by atoms with E-state index >= 15 is 0 Å². The van der Waals surface area contributed by atoms with Crippen molar-refractivity contribution in [2.45, 2.75) is 12.5 Å². The highest BCUT2D eigenvalue weighted by atomic mass is 35.5. The second-order valence-corrected chi connectivity index (χ2v) is 5.20. The summed E-state index contributed by atoms with van der Waals surface area (Å²) in [5.74, 6) is 0. The maximum Gasteiger partial charge on any atom is 0.0831 e. The summed E-state index contributed by atoms with van der Waals surface area (Å²) in [4.78, 5) is 3.95. The van der Waals surface area contributed by atoms with Crippen molar-refractivity contribution < 1.29 is 5.11 Å². The van der Waals surface area contributed by atoms with Gasteiger partial charge >= 0.3 is 0 Å². The van der Waals surface area contributed by atoms with Crippen molar-refractivity contribution in [3.05, 3.63) is 77.1 Å². The summed E-state index contributed by atoms with van der Waals surface area (Å²) in [6.45, 7) is 0. The normalized spacial score (nSPS) is 12.5. The van der Waals surface area contributed by atoms with Crippen LogP contribution in [0.5, 0.6) is 0 Å². The molecule has 2 aromatic carbocycles. The van der Waals surface area contributed by atoms with E-state index in [1.165, 1.54) is 5.39 Å². The van der Waals surface area contributed by atoms with Gasteiger partial charge in [0.1, 0.15) is 0 Å². The monoisotopic (exact) mass is 283 g/mol. The van der Waals surface area contributed by atoms with E-state index in [0.29, 0.717) is 11.4 Å². The third-order valence-corrected chi connectivity index (χ3v) is 3.77. The molecule has 0 saturated heterocycles. The highest BCUT2D eigenvalue weighted by Crippen LogP contribution is 2.25. The minimum Gasteiger partial charge on any atom is -0.388 e. The fourth-order valence-corrected chi connectivity index (χ4v) is 2.51. The Morgan fingerprint density at radius 3 is 2.65 bits per heavy atom.